The number of hydrogen-bond acceptors (Lipinski definition) is 8. The first-order valence-electron chi connectivity index (χ1n) is 17.8. The Kier molecular flexibility index (Phi) is 15.8. The molecule has 0 radical (unpaired) electrons. The van der Waals surface area contributed by atoms with Crippen LogP contribution in [-0.2, 0) is 36.7 Å². The number of methoxy groups -OCH3 is 2. The van der Waals surface area contributed by atoms with Crippen molar-refractivity contribution in [3.8, 4) is 5.75 Å². The minimum Gasteiger partial charge on any atom is -0.491 e. The lowest BCUT2D eigenvalue weighted by Gasteiger charge is -2.43. The van der Waals surface area contributed by atoms with Crippen molar-refractivity contribution >= 4 is 40.3 Å². The maximum atomic E-state index is 13.1. The van der Waals surface area contributed by atoms with Gasteiger partial charge in [0, 0.05) is 72.4 Å². The first-order valence-corrected chi connectivity index (χ1v) is 19.3. The van der Waals surface area contributed by atoms with Crippen molar-refractivity contribution in [2.45, 2.75) is 64.1 Å². The molecule has 1 heterocycles. The lowest BCUT2D eigenvalue weighted by atomic mass is 9.70. The quantitative estimate of drug-likeness (QED) is 0.204. The predicted octanol–water partition coefficient (Wildman–Crippen LogP) is 5.05. The van der Waals surface area contributed by atoms with Crippen molar-refractivity contribution < 1.29 is 33.1 Å². The second-order valence-electron chi connectivity index (χ2n) is 13.6. The minimum absolute atomic E-state index is 0.0444. The van der Waals surface area contributed by atoms with Gasteiger partial charge in [-0.05, 0) is 78.5 Å². The van der Waals surface area contributed by atoms with E-state index in [1.165, 1.54) is 15.4 Å². The van der Waals surface area contributed by atoms with Crippen LogP contribution in [0.1, 0.15) is 68.2 Å². The average molecular weight is 747 g/mol. The molecule has 0 bridgehead atoms. The predicted molar refractivity (Wildman–Crippen MR) is 202 cm³/mol. The molecular formula is C38H55ClN4O7S. The van der Waals surface area contributed by atoms with E-state index in [-0.39, 0.29) is 17.9 Å². The number of anilines is 1. The number of halogens is 1. The van der Waals surface area contributed by atoms with Gasteiger partial charge in [0.1, 0.15) is 5.75 Å². The number of aryl methyl sites for hydroxylation is 1. The lowest BCUT2D eigenvalue weighted by molar-refractivity contribution is -0.128. The number of amides is 2. The third kappa shape index (κ3) is 11.0. The normalized spacial score (nSPS) is 20.6. The first-order chi connectivity index (χ1) is 24.5. The van der Waals surface area contributed by atoms with Crippen LogP contribution in [0.25, 0.3) is 0 Å². The second kappa shape index (κ2) is 19.7. The summed E-state index contributed by atoms with van der Waals surface area (Å²) in [5.74, 6) is 0.643. The molecule has 1 fully saturated rings. The Morgan fingerprint density at radius 1 is 1.18 bits per heavy atom. The molecule has 6 atom stereocenters. The minimum atomic E-state index is -1.84. The van der Waals surface area contributed by atoms with E-state index >= 15 is 0 Å². The molecule has 11 nitrogen and oxygen atoms in total. The molecule has 282 valence electrons. The molecule has 0 aromatic heterocycles. The summed E-state index contributed by atoms with van der Waals surface area (Å²) < 4.78 is 34.0. The third-order valence-corrected chi connectivity index (χ3v) is 11.4. The van der Waals surface area contributed by atoms with E-state index in [2.05, 4.69) is 40.8 Å². The van der Waals surface area contributed by atoms with E-state index in [9.17, 15) is 18.9 Å². The number of aliphatic hydroxyl groups is 1. The topological polar surface area (TPSA) is 121 Å². The van der Waals surface area contributed by atoms with Gasteiger partial charge >= 0.3 is 0 Å². The van der Waals surface area contributed by atoms with Crippen molar-refractivity contribution in [3.05, 3.63) is 70.3 Å². The maximum absolute atomic E-state index is 13.1. The average Bonchev–Trinajstić information content (AvgIpc) is 3.28. The van der Waals surface area contributed by atoms with Gasteiger partial charge in [0.25, 0.3) is 5.91 Å². The largest absolute Gasteiger partial charge is 0.491 e. The van der Waals surface area contributed by atoms with Crippen molar-refractivity contribution in [1.82, 2.24) is 13.9 Å². The fourth-order valence-corrected chi connectivity index (χ4v) is 7.64. The van der Waals surface area contributed by atoms with Crippen LogP contribution in [-0.4, -0.2) is 104 Å². The zero-order chi connectivity index (χ0) is 37.1. The Labute approximate surface area is 311 Å². The molecule has 2 aromatic carbocycles. The number of nitrogens with one attached hydrogen (secondary N) is 1. The molecule has 6 unspecified atom stereocenters. The highest BCUT2D eigenvalue weighted by molar-refractivity contribution is 7.81. The summed E-state index contributed by atoms with van der Waals surface area (Å²) in [5.41, 5.74) is 3.60. The standard InChI is InChI=1S/C38H55ClN4O7S/c1-7-10-27-21-31(39)14-16-32(27)30-24-43(23-29-12-15-33(29)35(49-6)11-8-9-18-41(3)26(2)44)34-22-28(13-17-36(34)50-25-30)37(45)38(46)40-51(47)42(4)19-20-48-5/h8,11,13-14,16-17,21-22,29-30,33,35,37,45H,7,9-10,12,15,18-20,23-25H2,1-6H3,(H,40,46)/b11-8+. The number of benzene rings is 2. The number of nitrogens with zero attached hydrogens (tertiary/aromatic N) is 3. The van der Waals surface area contributed by atoms with E-state index in [4.69, 9.17) is 25.8 Å². The molecule has 1 saturated carbocycles. The number of ether oxygens (including phenoxy) is 3. The van der Waals surface area contributed by atoms with E-state index in [1.807, 2.05) is 18.2 Å². The molecular weight excluding hydrogens is 692 g/mol. The van der Waals surface area contributed by atoms with Crippen molar-refractivity contribution in [1.29, 1.82) is 0 Å². The molecule has 4 rings (SSSR count). The highest BCUT2D eigenvalue weighted by atomic mass is 35.5. The molecule has 2 aromatic rings. The van der Waals surface area contributed by atoms with Crippen LogP contribution >= 0.6 is 11.6 Å². The first kappa shape index (κ1) is 40.8. The van der Waals surface area contributed by atoms with Crippen LogP contribution in [0.5, 0.6) is 5.75 Å². The Morgan fingerprint density at radius 3 is 2.63 bits per heavy atom. The van der Waals surface area contributed by atoms with Crippen LogP contribution in [0.2, 0.25) is 5.02 Å². The Morgan fingerprint density at radius 2 is 1.96 bits per heavy atom. The molecule has 2 aliphatic rings. The van der Waals surface area contributed by atoms with E-state index < -0.39 is 23.2 Å². The fourth-order valence-electron chi connectivity index (χ4n) is 6.76. The molecule has 2 N–H and O–H groups in total. The van der Waals surface area contributed by atoms with Gasteiger partial charge in [-0.2, -0.15) is 0 Å². The molecule has 2 amide bonds. The number of likely N-dealkylation sites (N-methyl/N-ethyl adjacent to an activating group) is 1. The second-order valence-corrected chi connectivity index (χ2v) is 15.3. The monoisotopic (exact) mass is 746 g/mol. The molecule has 51 heavy (non-hydrogen) atoms. The molecule has 0 saturated heterocycles. The van der Waals surface area contributed by atoms with E-state index in [0.29, 0.717) is 61.0 Å². The van der Waals surface area contributed by atoms with Crippen LogP contribution in [0.15, 0.2) is 48.6 Å². The van der Waals surface area contributed by atoms with E-state index in [0.717, 1.165) is 44.3 Å². The Bertz CT molecular complexity index is 1530. The van der Waals surface area contributed by atoms with Crippen LogP contribution in [0.3, 0.4) is 0 Å². The zero-order valence-electron chi connectivity index (χ0n) is 30.8. The summed E-state index contributed by atoms with van der Waals surface area (Å²) in [5, 5.41) is 11.9. The van der Waals surface area contributed by atoms with Crippen LogP contribution < -0.4 is 14.4 Å². The Balaban J connectivity index is 1.60. The summed E-state index contributed by atoms with van der Waals surface area (Å²) in [4.78, 5) is 28.7. The number of carbonyl (C=O) groups is 2. The maximum Gasteiger partial charge on any atom is 0.266 e. The smallest absolute Gasteiger partial charge is 0.266 e. The van der Waals surface area contributed by atoms with Crippen LogP contribution in [0, 0.1) is 11.8 Å². The van der Waals surface area contributed by atoms with Gasteiger partial charge in [-0.25, -0.2) is 8.51 Å². The van der Waals surface area contributed by atoms with Crippen molar-refractivity contribution in [3.63, 3.8) is 0 Å². The van der Waals surface area contributed by atoms with Gasteiger partial charge in [0.05, 0.1) is 25.0 Å². The highest BCUT2D eigenvalue weighted by Crippen LogP contribution is 2.43. The van der Waals surface area contributed by atoms with Crippen molar-refractivity contribution in [2.75, 3.05) is 72.6 Å². The fraction of sp³-hybridized carbons (Fsp3) is 0.579. The third-order valence-electron chi connectivity index (χ3n) is 10.0. The van der Waals surface area contributed by atoms with Gasteiger partial charge in [0.2, 0.25) is 5.91 Å². The van der Waals surface area contributed by atoms with Gasteiger partial charge < -0.3 is 29.1 Å². The summed E-state index contributed by atoms with van der Waals surface area (Å²) in [7, 11) is 6.70. The number of carbonyl (C=O) groups excluding carboxylic acids is 2. The molecule has 1 aliphatic carbocycles. The zero-order valence-corrected chi connectivity index (χ0v) is 32.4. The Hall–Kier alpha value is -3.00. The van der Waals surface area contributed by atoms with E-state index in [1.54, 1.807) is 46.2 Å². The summed E-state index contributed by atoms with van der Waals surface area (Å²) in [6.45, 7) is 6.93. The summed E-state index contributed by atoms with van der Waals surface area (Å²) >= 11 is 4.60. The van der Waals surface area contributed by atoms with Gasteiger partial charge in [-0.1, -0.05) is 49.2 Å². The molecule has 13 heteroatoms. The van der Waals surface area contributed by atoms with Crippen molar-refractivity contribution in [2.24, 2.45) is 11.8 Å². The highest BCUT2D eigenvalue weighted by Gasteiger charge is 2.39. The SMILES string of the molecule is CCCc1cc(Cl)ccc1C1COc2ccc(C(O)C(=O)NS(=O)N(C)CCOC)cc2N(CC2CCC2C(/C=C/CCN(C)C(C)=O)OC)C1. The number of fused-ring (bicyclic) bond motifs is 1. The number of hydrogen-bond donors (Lipinski definition) is 2. The van der Waals surface area contributed by atoms with Gasteiger partial charge in [0.15, 0.2) is 17.3 Å². The number of aliphatic hydroxyl groups excluding tert-OH is 1. The molecule has 0 spiro atoms. The summed E-state index contributed by atoms with van der Waals surface area (Å²) in [6.07, 6.45) is 7.35. The van der Waals surface area contributed by atoms with Gasteiger partial charge in [-0.3, -0.25) is 14.3 Å². The lowest BCUT2D eigenvalue weighted by Crippen LogP contribution is -2.44. The van der Waals surface area contributed by atoms with Crippen LogP contribution in [0.4, 0.5) is 5.69 Å². The number of rotatable bonds is 18. The molecule has 1 aliphatic heterocycles. The van der Waals surface area contributed by atoms with Gasteiger partial charge in [-0.15, -0.1) is 0 Å². The summed E-state index contributed by atoms with van der Waals surface area (Å²) in [6, 6.07) is 11.4.